The van der Waals surface area contributed by atoms with Gasteiger partial charge < -0.3 is 5.32 Å². The molecule has 0 spiro atoms. The Morgan fingerprint density at radius 1 is 0.969 bits per heavy atom. The van der Waals surface area contributed by atoms with Gasteiger partial charge in [0.1, 0.15) is 6.54 Å². The monoisotopic (exact) mass is 472 g/mol. The summed E-state index contributed by atoms with van der Waals surface area (Å²) >= 11 is 6.03. The van der Waals surface area contributed by atoms with Crippen LogP contribution in [-0.2, 0) is 14.8 Å². The third kappa shape index (κ3) is 4.15. The summed E-state index contributed by atoms with van der Waals surface area (Å²) in [5.74, 6) is 1.86. The molecule has 0 aromatic heterocycles. The SMILES string of the molecule is Cc1ccc(S(=O)(=O)N(CC(=O)NC23CC4CC(CC(C4)C2)C3)c2ccc(Cl)cc2)cc1. The molecule has 4 aliphatic carbocycles. The number of benzene rings is 2. The van der Waals surface area contributed by atoms with Crippen LogP contribution in [-0.4, -0.2) is 26.4 Å². The van der Waals surface area contributed by atoms with Crippen LogP contribution in [0.25, 0.3) is 0 Å². The molecule has 0 radical (unpaired) electrons. The van der Waals surface area contributed by atoms with Crippen LogP contribution in [0.5, 0.6) is 0 Å². The van der Waals surface area contributed by atoms with Gasteiger partial charge in [0.05, 0.1) is 10.6 Å². The van der Waals surface area contributed by atoms with Crippen molar-refractivity contribution < 1.29 is 13.2 Å². The number of rotatable bonds is 6. The fourth-order valence-electron chi connectivity index (χ4n) is 6.49. The summed E-state index contributed by atoms with van der Waals surface area (Å²) in [6.45, 7) is 1.66. The average Bonchev–Trinajstić information content (AvgIpc) is 2.72. The van der Waals surface area contributed by atoms with Crippen molar-refractivity contribution in [1.82, 2.24) is 5.32 Å². The first-order valence-corrected chi connectivity index (χ1v) is 13.2. The highest BCUT2D eigenvalue weighted by Gasteiger charge is 2.51. The number of carbonyl (C=O) groups is 1. The molecule has 4 fully saturated rings. The van der Waals surface area contributed by atoms with E-state index in [1.807, 2.05) is 6.92 Å². The predicted molar refractivity (Wildman–Crippen MR) is 126 cm³/mol. The molecule has 32 heavy (non-hydrogen) atoms. The number of carbonyl (C=O) groups excluding carboxylic acids is 1. The maximum Gasteiger partial charge on any atom is 0.264 e. The Bertz CT molecular complexity index is 1080. The first-order chi connectivity index (χ1) is 15.2. The lowest BCUT2D eigenvalue weighted by Crippen LogP contribution is -2.61. The summed E-state index contributed by atoms with van der Waals surface area (Å²) in [6.07, 6.45) is 6.93. The van der Waals surface area contributed by atoms with E-state index in [1.54, 1.807) is 48.5 Å². The molecule has 0 aliphatic heterocycles. The maximum absolute atomic E-state index is 13.5. The predicted octanol–water partition coefficient (Wildman–Crippen LogP) is 4.93. The fraction of sp³-hybridized carbons (Fsp3) is 0.480. The summed E-state index contributed by atoms with van der Waals surface area (Å²) in [4.78, 5) is 13.4. The van der Waals surface area contributed by atoms with Gasteiger partial charge >= 0.3 is 0 Å². The number of sulfonamides is 1. The summed E-state index contributed by atoms with van der Waals surface area (Å²) in [5.41, 5.74) is 1.24. The van der Waals surface area contributed by atoms with Crippen LogP contribution in [0.2, 0.25) is 5.02 Å². The lowest BCUT2D eigenvalue weighted by Gasteiger charge is -2.57. The number of hydrogen-bond donors (Lipinski definition) is 1. The van der Waals surface area contributed by atoms with Crippen molar-refractivity contribution in [3.8, 4) is 0 Å². The zero-order valence-corrected chi connectivity index (χ0v) is 19.8. The van der Waals surface area contributed by atoms with Crippen LogP contribution in [0.15, 0.2) is 53.4 Å². The molecule has 4 bridgehead atoms. The highest BCUT2D eigenvalue weighted by Crippen LogP contribution is 2.55. The van der Waals surface area contributed by atoms with Gasteiger partial charge in [0, 0.05) is 10.6 Å². The first-order valence-electron chi connectivity index (χ1n) is 11.4. The molecule has 7 heteroatoms. The molecule has 4 saturated carbocycles. The highest BCUT2D eigenvalue weighted by molar-refractivity contribution is 7.92. The largest absolute Gasteiger partial charge is 0.349 e. The second-order valence-electron chi connectivity index (χ2n) is 10.0. The van der Waals surface area contributed by atoms with Gasteiger partial charge in [-0.2, -0.15) is 0 Å². The molecule has 5 nitrogen and oxygen atoms in total. The standard InChI is InChI=1S/C25H29ClN2O3S/c1-17-2-8-23(9-3-17)32(30,31)28(22-6-4-21(26)5-7-22)16-24(29)27-25-13-18-10-19(14-25)12-20(11-18)15-25/h2-9,18-20H,10-16H2,1H3,(H,27,29). The van der Waals surface area contributed by atoms with Crippen LogP contribution in [0, 0.1) is 24.7 Å². The minimum absolute atomic E-state index is 0.162. The van der Waals surface area contributed by atoms with Crippen molar-refractivity contribution in [3.05, 3.63) is 59.1 Å². The van der Waals surface area contributed by atoms with E-state index in [-0.39, 0.29) is 22.9 Å². The highest BCUT2D eigenvalue weighted by atomic mass is 35.5. The molecular formula is C25H29ClN2O3S. The fourth-order valence-corrected chi connectivity index (χ4v) is 8.04. The van der Waals surface area contributed by atoms with Crippen molar-refractivity contribution in [1.29, 1.82) is 0 Å². The van der Waals surface area contributed by atoms with E-state index in [0.29, 0.717) is 28.5 Å². The van der Waals surface area contributed by atoms with Crippen LogP contribution in [0.1, 0.15) is 44.1 Å². The van der Waals surface area contributed by atoms with Crippen LogP contribution in [0.3, 0.4) is 0 Å². The Balaban J connectivity index is 1.41. The Labute approximate surface area is 195 Å². The second-order valence-corrected chi connectivity index (χ2v) is 12.3. The molecular weight excluding hydrogens is 444 g/mol. The van der Waals surface area contributed by atoms with Gasteiger partial charge in [-0.3, -0.25) is 9.10 Å². The first kappa shape index (κ1) is 21.8. The lowest BCUT2D eigenvalue weighted by atomic mass is 9.53. The lowest BCUT2D eigenvalue weighted by molar-refractivity contribution is -0.125. The van der Waals surface area contributed by atoms with Crippen molar-refractivity contribution in [2.75, 3.05) is 10.8 Å². The molecule has 4 aliphatic rings. The molecule has 6 rings (SSSR count). The van der Waals surface area contributed by atoms with Crippen molar-refractivity contribution in [3.63, 3.8) is 0 Å². The van der Waals surface area contributed by atoms with Gasteiger partial charge in [-0.15, -0.1) is 0 Å². The molecule has 1 N–H and O–H groups in total. The molecule has 0 unspecified atom stereocenters. The summed E-state index contributed by atoms with van der Waals surface area (Å²) in [6, 6.07) is 13.3. The van der Waals surface area contributed by atoms with Crippen molar-refractivity contribution >= 4 is 33.2 Å². The molecule has 170 valence electrons. The van der Waals surface area contributed by atoms with E-state index >= 15 is 0 Å². The smallest absolute Gasteiger partial charge is 0.264 e. The van der Waals surface area contributed by atoms with E-state index in [9.17, 15) is 13.2 Å². The van der Waals surface area contributed by atoms with Crippen LogP contribution < -0.4 is 9.62 Å². The Kier molecular flexibility index (Phi) is 5.49. The second kappa shape index (κ2) is 8.07. The minimum atomic E-state index is -3.92. The number of hydrogen-bond acceptors (Lipinski definition) is 3. The van der Waals surface area contributed by atoms with E-state index < -0.39 is 10.0 Å². The number of anilines is 1. The van der Waals surface area contributed by atoms with Gasteiger partial charge in [0.2, 0.25) is 5.91 Å². The Morgan fingerprint density at radius 2 is 1.50 bits per heavy atom. The minimum Gasteiger partial charge on any atom is -0.349 e. The number of nitrogens with zero attached hydrogens (tertiary/aromatic N) is 1. The van der Waals surface area contributed by atoms with E-state index in [4.69, 9.17) is 11.6 Å². The zero-order chi connectivity index (χ0) is 22.5. The van der Waals surface area contributed by atoms with Crippen LogP contribution in [0.4, 0.5) is 5.69 Å². The average molecular weight is 473 g/mol. The molecule has 0 saturated heterocycles. The van der Waals surface area contributed by atoms with Gasteiger partial charge in [-0.25, -0.2) is 8.42 Å². The third-order valence-electron chi connectivity index (χ3n) is 7.45. The Hall–Kier alpha value is -2.05. The van der Waals surface area contributed by atoms with Gasteiger partial charge in [0.25, 0.3) is 10.0 Å². The number of amides is 1. The summed E-state index contributed by atoms with van der Waals surface area (Å²) < 4.78 is 28.3. The van der Waals surface area contributed by atoms with Gasteiger partial charge in [0.15, 0.2) is 0 Å². The van der Waals surface area contributed by atoms with E-state index in [0.717, 1.165) is 24.8 Å². The molecule has 0 atom stereocenters. The topological polar surface area (TPSA) is 66.5 Å². The van der Waals surface area contributed by atoms with Gasteiger partial charge in [-0.1, -0.05) is 29.3 Å². The number of nitrogens with one attached hydrogen (secondary N) is 1. The van der Waals surface area contributed by atoms with Crippen LogP contribution >= 0.6 is 11.6 Å². The van der Waals surface area contributed by atoms with E-state index in [1.165, 1.54) is 23.6 Å². The maximum atomic E-state index is 13.5. The normalized spacial score (nSPS) is 28.5. The van der Waals surface area contributed by atoms with Crippen molar-refractivity contribution in [2.45, 2.75) is 55.9 Å². The van der Waals surface area contributed by atoms with Gasteiger partial charge in [-0.05, 0) is 99.6 Å². The quantitative estimate of drug-likeness (QED) is 0.648. The molecule has 2 aromatic carbocycles. The molecule has 2 aromatic rings. The number of aryl methyl sites for hydroxylation is 1. The summed E-state index contributed by atoms with van der Waals surface area (Å²) in [7, 11) is -3.92. The summed E-state index contributed by atoms with van der Waals surface area (Å²) in [5, 5.41) is 3.81. The third-order valence-corrected chi connectivity index (χ3v) is 9.49. The number of halogens is 1. The molecule has 0 heterocycles. The molecule has 1 amide bonds. The Morgan fingerprint density at radius 3 is 2.03 bits per heavy atom. The van der Waals surface area contributed by atoms with Crippen molar-refractivity contribution in [2.24, 2.45) is 17.8 Å². The zero-order valence-electron chi connectivity index (χ0n) is 18.3. The van der Waals surface area contributed by atoms with E-state index in [2.05, 4.69) is 5.32 Å².